The molecule has 0 radical (unpaired) electrons. The van der Waals surface area contributed by atoms with E-state index in [4.69, 9.17) is 0 Å². The van der Waals surface area contributed by atoms with Gasteiger partial charge in [-0.25, -0.2) is 0 Å². The predicted octanol–water partition coefficient (Wildman–Crippen LogP) is 1.63. The van der Waals surface area contributed by atoms with E-state index in [1.165, 1.54) is 0 Å². The topological polar surface area (TPSA) is 30.7 Å². The van der Waals surface area contributed by atoms with E-state index in [0.717, 1.165) is 11.4 Å². The summed E-state index contributed by atoms with van der Waals surface area (Å²) in [6.45, 7) is 7.58. The van der Waals surface area contributed by atoms with Crippen LogP contribution < -0.4 is 0 Å². The first kappa shape index (κ1) is 7.72. The standard InChI is InChI=1S/C8H11N3/c1-7(2)4-5-11-6-9-10-8(11)3/h4-6H,1H2,2-3H3/b5-4-. The Bertz CT molecular complexity index is 283. The molecule has 0 atom stereocenters. The summed E-state index contributed by atoms with van der Waals surface area (Å²) in [6.07, 6.45) is 5.46. The minimum Gasteiger partial charge on any atom is -0.293 e. The number of hydrogen-bond donors (Lipinski definition) is 0. The summed E-state index contributed by atoms with van der Waals surface area (Å²) in [5.74, 6) is 0.877. The highest BCUT2D eigenvalue weighted by molar-refractivity contribution is 5.31. The molecule has 0 amide bonds. The maximum absolute atomic E-state index is 3.83. The second-order valence-corrected chi connectivity index (χ2v) is 2.45. The molecular formula is C8H11N3. The zero-order valence-electron chi connectivity index (χ0n) is 6.78. The Kier molecular flexibility index (Phi) is 2.21. The van der Waals surface area contributed by atoms with Crippen LogP contribution in [0.3, 0.4) is 0 Å². The lowest BCUT2D eigenvalue weighted by atomic mass is 10.3. The van der Waals surface area contributed by atoms with Gasteiger partial charge in [-0.3, -0.25) is 4.57 Å². The van der Waals surface area contributed by atoms with Crippen LogP contribution in [-0.2, 0) is 0 Å². The van der Waals surface area contributed by atoms with Crippen LogP contribution in [0.5, 0.6) is 0 Å². The average Bonchev–Trinajstić information content (AvgIpc) is 2.31. The van der Waals surface area contributed by atoms with Crippen LogP contribution in [0, 0.1) is 6.92 Å². The molecule has 0 saturated heterocycles. The number of rotatable bonds is 2. The molecule has 0 unspecified atom stereocenters. The van der Waals surface area contributed by atoms with Crippen LogP contribution >= 0.6 is 0 Å². The molecule has 3 nitrogen and oxygen atoms in total. The molecule has 0 N–H and O–H groups in total. The van der Waals surface area contributed by atoms with Gasteiger partial charge in [-0.2, -0.15) is 0 Å². The van der Waals surface area contributed by atoms with Crippen LogP contribution in [0.4, 0.5) is 0 Å². The smallest absolute Gasteiger partial charge is 0.133 e. The minimum atomic E-state index is 0.877. The average molecular weight is 149 g/mol. The van der Waals surface area contributed by atoms with E-state index in [1.54, 1.807) is 6.33 Å². The molecule has 1 rings (SSSR count). The zero-order chi connectivity index (χ0) is 8.27. The van der Waals surface area contributed by atoms with Crippen molar-refractivity contribution in [2.75, 3.05) is 0 Å². The van der Waals surface area contributed by atoms with Gasteiger partial charge in [-0.05, 0) is 19.9 Å². The number of hydrogen-bond acceptors (Lipinski definition) is 2. The van der Waals surface area contributed by atoms with Crippen molar-refractivity contribution in [2.45, 2.75) is 13.8 Å². The first-order chi connectivity index (χ1) is 5.20. The number of nitrogens with zero attached hydrogens (tertiary/aromatic N) is 3. The molecule has 3 heteroatoms. The normalized spacial score (nSPS) is 10.7. The molecule has 0 aliphatic carbocycles. The Hall–Kier alpha value is -1.38. The van der Waals surface area contributed by atoms with Gasteiger partial charge in [0.1, 0.15) is 12.2 Å². The Morgan fingerprint density at radius 1 is 1.73 bits per heavy atom. The van der Waals surface area contributed by atoms with Gasteiger partial charge in [-0.15, -0.1) is 10.2 Å². The van der Waals surface area contributed by atoms with Crippen molar-refractivity contribution in [3.05, 3.63) is 30.4 Å². The number of allylic oxidation sites excluding steroid dienone is 2. The van der Waals surface area contributed by atoms with Crippen molar-refractivity contribution in [1.82, 2.24) is 14.8 Å². The van der Waals surface area contributed by atoms with Gasteiger partial charge in [-0.1, -0.05) is 12.2 Å². The molecule has 0 aliphatic rings. The Morgan fingerprint density at radius 3 is 2.91 bits per heavy atom. The summed E-state index contributed by atoms with van der Waals surface area (Å²) in [5, 5.41) is 7.56. The second kappa shape index (κ2) is 3.14. The third kappa shape index (κ3) is 2.04. The van der Waals surface area contributed by atoms with Gasteiger partial charge in [0.2, 0.25) is 0 Å². The highest BCUT2D eigenvalue weighted by Gasteiger charge is 1.90. The summed E-state index contributed by atoms with van der Waals surface area (Å²) in [7, 11) is 0. The van der Waals surface area contributed by atoms with Gasteiger partial charge >= 0.3 is 0 Å². The van der Waals surface area contributed by atoms with Crippen molar-refractivity contribution in [2.24, 2.45) is 0 Å². The number of aromatic nitrogens is 3. The lowest BCUT2D eigenvalue weighted by Gasteiger charge is -1.92. The first-order valence-corrected chi connectivity index (χ1v) is 3.40. The molecule has 0 saturated carbocycles. The van der Waals surface area contributed by atoms with Crippen LogP contribution in [-0.4, -0.2) is 14.8 Å². The Labute approximate surface area is 66.1 Å². The third-order valence-electron chi connectivity index (χ3n) is 1.27. The first-order valence-electron chi connectivity index (χ1n) is 3.40. The van der Waals surface area contributed by atoms with E-state index in [9.17, 15) is 0 Å². The lowest BCUT2D eigenvalue weighted by Crippen LogP contribution is -1.86. The van der Waals surface area contributed by atoms with Crippen molar-refractivity contribution >= 4 is 6.20 Å². The summed E-state index contributed by atoms with van der Waals surface area (Å²) in [6, 6.07) is 0. The van der Waals surface area contributed by atoms with E-state index in [2.05, 4.69) is 16.8 Å². The Morgan fingerprint density at radius 2 is 2.45 bits per heavy atom. The zero-order valence-corrected chi connectivity index (χ0v) is 6.78. The van der Waals surface area contributed by atoms with Crippen molar-refractivity contribution in [3.8, 4) is 0 Å². The molecule has 0 bridgehead atoms. The van der Waals surface area contributed by atoms with Crippen LogP contribution in [0.1, 0.15) is 12.7 Å². The largest absolute Gasteiger partial charge is 0.293 e. The maximum Gasteiger partial charge on any atom is 0.133 e. The van der Waals surface area contributed by atoms with Crippen molar-refractivity contribution in [3.63, 3.8) is 0 Å². The fraction of sp³-hybridized carbons (Fsp3) is 0.250. The molecule has 1 aromatic heterocycles. The molecule has 11 heavy (non-hydrogen) atoms. The molecule has 0 spiro atoms. The van der Waals surface area contributed by atoms with E-state index in [0.29, 0.717) is 0 Å². The molecule has 0 aliphatic heterocycles. The molecule has 0 aromatic carbocycles. The van der Waals surface area contributed by atoms with E-state index < -0.39 is 0 Å². The quantitative estimate of drug-likeness (QED) is 0.598. The van der Waals surface area contributed by atoms with Gasteiger partial charge < -0.3 is 0 Å². The fourth-order valence-electron chi connectivity index (χ4n) is 0.654. The highest BCUT2D eigenvalue weighted by Crippen LogP contribution is 1.96. The van der Waals surface area contributed by atoms with Gasteiger partial charge in [0, 0.05) is 6.20 Å². The SMILES string of the molecule is C=C(C)/C=C\n1cnnc1C. The van der Waals surface area contributed by atoms with Crippen molar-refractivity contribution < 1.29 is 0 Å². The predicted molar refractivity (Wildman–Crippen MR) is 44.9 cm³/mol. The second-order valence-electron chi connectivity index (χ2n) is 2.45. The summed E-state index contributed by atoms with van der Waals surface area (Å²) in [5.41, 5.74) is 1.01. The summed E-state index contributed by atoms with van der Waals surface area (Å²) < 4.78 is 1.84. The third-order valence-corrected chi connectivity index (χ3v) is 1.27. The molecule has 0 fully saturated rings. The van der Waals surface area contributed by atoms with Gasteiger partial charge in [0.05, 0.1) is 0 Å². The van der Waals surface area contributed by atoms with Gasteiger partial charge in [0.25, 0.3) is 0 Å². The van der Waals surface area contributed by atoms with Crippen LogP contribution in [0.25, 0.3) is 6.20 Å². The molecular weight excluding hydrogens is 138 g/mol. The van der Waals surface area contributed by atoms with Crippen LogP contribution in [0.15, 0.2) is 24.6 Å². The van der Waals surface area contributed by atoms with Crippen molar-refractivity contribution in [1.29, 1.82) is 0 Å². The maximum atomic E-state index is 3.83. The van der Waals surface area contributed by atoms with Crippen LogP contribution in [0.2, 0.25) is 0 Å². The van der Waals surface area contributed by atoms with E-state index in [-0.39, 0.29) is 0 Å². The monoisotopic (exact) mass is 149 g/mol. The Balaban J connectivity index is 2.79. The van der Waals surface area contributed by atoms with E-state index in [1.807, 2.05) is 30.7 Å². The minimum absolute atomic E-state index is 0.877. The molecule has 1 heterocycles. The molecule has 58 valence electrons. The summed E-state index contributed by atoms with van der Waals surface area (Å²) in [4.78, 5) is 0. The fourth-order valence-corrected chi connectivity index (χ4v) is 0.654. The summed E-state index contributed by atoms with van der Waals surface area (Å²) >= 11 is 0. The lowest BCUT2D eigenvalue weighted by molar-refractivity contribution is 1.01. The van der Waals surface area contributed by atoms with Gasteiger partial charge in [0.15, 0.2) is 0 Å². The number of aryl methyl sites for hydroxylation is 1. The van der Waals surface area contributed by atoms with E-state index >= 15 is 0 Å². The molecule has 1 aromatic rings. The highest BCUT2D eigenvalue weighted by atomic mass is 15.2.